The van der Waals surface area contributed by atoms with Crippen LogP contribution in [0.5, 0.6) is 0 Å². The van der Waals surface area contributed by atoms with Crippen molar-refractivity contribution in [1.29, 1.82) is 0 Å². The predicted molar refractivity (Wildman–Crippen MR) is 98.0 cm³/mol. The second kappa shape index (κ2) is 8.63. The average Bonchev–Trinajstić information content (AvgIpc) is 2.60. The third-order valence-corrected chi connectivity index (χ3v) is 4.21. The predicted octanol–water partition coefficient (Wildman–Crippen LogP) is 5.16. The van der Waals surface area contributed by atoms with Gasteiger partial charge in [-0.3, -0.25) is 9.59 Å². The van der Waals surface area contributed by atoms with Crippen LogP contribution < -0.4 is 5.32 Å². The molecular formula is C18H15Cl2F3N2O2. The summed E-state index contributed by atoms with van der Waals surface area (Å²) in [6.45, 7) is 1.11. The summed E-state index contributed by atoms with van der Waals surface area (Å²) in [5.74, 6) is -2.43. The topological polar surface area (TPSA) is 49.4 Å². The number of carbonyl (C=O) groups excluding carboxylic acids is 2. The Kier molecular flexibility index (Phi) is 6.73. The van der Waals surface area contributed by atoms with Gasteiger partial charge in [-0.15, -0.1) is 0 Å². The van der Waals surface area contributed by atoms with Crippen molar-refractivity contribution in [2.75, 3.05) is 11.9 Å². The lowest BCUT2D eigenvalue weighted by molar-refractivity contribution is -0.185. The van der Waals surface area contributed by atoms with Gasteiger partial charge in [0.05, 0.1) is 10.6 Å². The van der Waals surface area contributed by atoms with E-state index in [0.29, 0.717) is 21.2 Å². The zero-order valence-corrected chi connectivity index (χ0v) is 15.6. The summed E-state index contributed by atoms with van der Waals surface area (Å²) in [5, 5.41) is 3.15. The van der Waals surface area contributed by atoms with Gasteiger partial charge in [0.25, 0.3) is 5.91 Å². The van der Waals surface area contributed by atoms with Gasteiger partial charge < -0.3 is 10.2 Å². The molecule has 0 unspecified atom stereocenters. The van der Waals surface area contributed by atoms with Gasteiger partial charge in [0.15, 0.2) is 0 Å². The molecule has 2 amide bonds. The Morgan fingerprint density at radius 3 is 2.44 bits per heavy atom. The van der Waals surface area contributed by atoms with Crippen molar-refractivity contribution in [2.45, 2.75) is 19.6 Å². The van der Waals surface area contributed by atoms with Crippen LogP contribution in [-0.4, -0.2) is 29.4 Å². The number of hydrogen-bond acceptors (Lipinski definition) is 2. The van der Waals surface area contributed by atoms with Gasteiger partial charge in [-0.2, -0.15) is 13.2 Å². The lowest BCUT2D eigenvalue weighted by Crippen LogP contribution is -2.40. The molecule has 4 nitrogen and oxygen atoms in total. The maximum Gasteiger partial charge on any atom is 0.471 e. The zero-order valence-electron chi connectivity index (χ0n) is 14.1. The number of rotatable bonds is 5. The van der Waals surface area contributed by atoms with Gasteiger partial charge in [0.1, 0.15) is 0 Å². The van der Waals surface area contributed by atoms with E-state index in [-0.39, 0.29) is 23.7 Å². The third-order valence-electron chi connectivity index (χ3n) is 3.64. The van der Waals surface area contributed by atoms with Crippen molar-refractivity contribution in [3.63, 3.8) is 0 Å². The van der Waals surface area contributed by atoms with Crippen LogP contribution in [0.4, 0.5) is 18.9 Å². The summed E-state index contributed by atoms with van der Waals surface area (Å²) in [4.78, 5) is 24.4. The van der Waals surface area contributed by atoms with Crippen LogP contribution in [0.15, 0.2) is 42.5 Å². The number of benzene rings is 2. The molecule has 0 aliphatic carbocycles. The molecule has 0 aromatic heterocycles. The minimum Gasteiger partial charge on any atom is -0.331 e. The fraction of sp³-hybridized carbons (Fsp3) is 0.222. The maximum absolute atomic E-state index is 12.6. The molecule has 0 fully saturated rings. The highest BCUT2D eigenvalue weighted by atomic mass is 35.5. The third kappa shape index (κ3) is 5.61. The Morgan fingerprint density at radius 1 is 1.11 bits per heavy atom. The Balaban J connectivity index is 2.16. The van der Waals surface area contributed by atoms with E-state index in [2.05, 4.69) is 5.32 Å². The molecule has 0 atom stereocenters. The van der Waals surface area contributed by atoms with Gasteiger partial charge in [0, 0.05) is 23.8 Å². The Morgan fingerprint density at radius 2 is 1.81 bits per heavy atom. The fourth-order valence-corrected chi connectivity index (χ4v) is 2.72. The second-order valence-electron chi connectivity index (χ2n) is 5.60. The first-order valence-corrected chi connectivity index (χ1v) is 8.59. The van der Waals surface area contributed by atoms with E-state index in [4.69, 9.17) is 23.2 Å². The number of amides is 2. The second-order valence-corrected chi connectivity index (χ2v) is 6.44. The zero-order chi connectivity index (χ0) is 20.2. The molecule has 0 saturated heterocycles. The summed E-state index contributed by atoms with van der Waals surface area (Å²) < 4.78 is 37.9. The number of hydrogen-bond donors (Lipinski definition) is 1. The Bertz CT molecular complexity index is 857. The molecule has 0 aliphatic heterocycles. The normalized spacial score (nSPS) is 11.2. The van der Waals surface area contributed by atoms with Crippen LogP contribution >= 0.6 is 23.2 Å². The van der Waals surface area contributed by atoms with E-state index >= 15 is 0 Å². The molecule has 0 aliphatic rings. The molecule has 9 heteroatoms. The first kappa shape index (κ1) is 21.1. The van der Waals surface area contributed by atoms with Crippen molar-refractivity contribution in [2.24, 2.45) is 0 Å². The quantitative estimate of drug-likeness (QED) is 0.728. The minimum atomic E-state index is -4.94. The lowest BCUT2D eigenvalue weighted by atomic mass is 10.1. The highest BCUT2D eigenvalue weighted by molar-refractivity contribution is 6.36. The Labute approximate surface area is 163 Å². The van der Waals surface area contributed by atoms with Crippen molar-refractivity contribution < 1.29 is 22.8 Å². The minimum absolute atomic E-state index is 0.104. The lowest BCUT2D eigenvalue weighted by Gasteiger charge is -2.22. The van der Waals surface area contributed by atoms with Gasteiger partial charge in [-0.05, 0) is 42.8 Å². The summed E-state index contributed by atoms with van der Waals surface area (Å²) >= 11 is 11.8. The van der Waals surface area contributed by atoms with Crippen molar-refractivity contribution >= 4 is 40.7 Å². The molecular weight excluding hydrogens is 404 g/mol. The molecule has 27 heavy (non-hydrogen) atoms. The van der Waals surface area contributed by atoms with Gasteiger partial charge in [-0.25, -0.2) is 0 Å². The van der Waals surface area contributed by atoms with E-state index < -0.39 is 18.0 Å². The molecule has 0 bridgehead atoms. The maximum atomic E-state index is 12.6. The van der Waals surface area contributed by atoms with Crippen molar-refractivity contribution in [3.8, 4) is 0 Å². The van der Waals surface area contributed by atoms with E-state index in [1.54, 1.807) is 18.2 Å². The summed E-state index contributed by atoms with van der Waals surface area (Å²) in [5.41, 5.74) is 0.950. The van der Waals surface area contributed by atoms with Crippen LogP contribution in [0.3, 0.4) is 0 Å². The molecule has 144 valence electrons. The van der Waals surface area contributed by atoms with Crippen LogP contribution in [0.25, 0.3) is 0 Å². The van der Waals surface area contributed by atoms with E-state index in [9.17, 15) is 22.8 Å². The van der Waals surface area contributed by atoms with Crippen molar-refractivity contribution in [3.05, 3.63) is 63.6 Å². The number of nitrogens with zero attached hydrogens (tertiary/aromatic N) is 1. The summed E-state index contributed by atoms with van der Waals surface area (Å²) in [6.07, 6.45) is -4.94. The monoisotopic (exact) mass is 418 g/mol. The molecule has 1 N–H and O–H groups in total. The molecule has 0 spiro atoms. The fourth-order valence-electron chi connectivity index (χ4n) is 2.34. The van der Waals surface area contributed by atoms with Crippen LogP contribution in [-0.2, 0) is 11.3 Å². The number of nitrogens with one attached hydrogen (secondary N) is 1. The highest BCUT2D eigenvalue weighted by Crippen LogP contribution is 2.23. The van der Waals surface area contributed by atoms with Crippen molar-refractivity contribution in [1.82, 2.24) is 4.90 Å². The first-order valence-electron chi connectivity index (χ1n) is 7.83. The van der Waals surface area contributed by atoms with E-state index in [1.807, 2.05) is 0 Å². The standard InChI is InChI=1S/C18H15Cl2F3N2O2/c1-2-25(17(27)18(21,22)23)10-11-4-3-5-13(8-11)24-16(26)14-9-12(19)6-7-15(14)20/h3-9H,2,10H2,1H3,(H,24,26). The number of carbonyl (C=O) groups is 2. The Hall–Kier alpha value is -2.25. The average molecular weight is 419 g/mol. The van der Waals surface area contributed by atoms with Crippen LogP contribution in [0.2, 0.25) is 10.0 Å². The van der Waals surface area contributed by atoms with Crippen LogP contribution in [0, 0.1) is 0 Å². The number of alkyl halides is 3. The first-order chi connectivity index (χ1) is 12.6. The van der Waals surface area contributed by atoms with E-state index in [0.717, 1.165) is 0 Å². The largest absolute Gasteiger partial charge is 0.471 e. The number of halogens is 5. The highest BCUT2D eigenvalue weighted by Gasteiger charge is 2.41. The van der Waals surface area contributed by atoms with E-state index in [1.165, 1.54) is 31.2 Å². The molecule has 2 rings (SSSR count). The molecule has 0 saturated carbocycles. The van der Waals surface area contributed by atoms with Gasteiger partial charge in [-0.1, -0.05) is 35.3 Å². The summed E-state index contributed by atoms with van der Waals surface area (Å²) in [6, 6.07) is 10.6. The summed E-state index contributed by atoms with van der Waals surface area (Å²) in [7, 11) is 0. The smallest absolute Gasteiger partial charge is 0.331 e. The van der Waals surface area contributed by atoms with Gasteiger partial charge >= 0.3 is 12.1 Å². The molecule has 0 heterocycles. The number of anilines is 1. The molecule has 0 radical (unpaired) electrons. The van der Waals surface area contributed by atoms with Crippen LogP contribution in [0.1, 0.15) is 22.8 Å². The van der Waals surface area contributed by atoms with Gasteiger partial charge in [0.2, 0.25) is 0 Å². The molecule has 2 aromatic carbocycles. The SMILES string of the molecule is CCN(Cc1cccc(NC(=O)c2cc(Cl)ccc2Cl)c1)C(=O)C(F)(F)F. The molecule has 2 aromatic rings.